The molecule has 1 heterocycles. The highest BCUT2D eigenvalue weighted by molar-refractivity contribution is 7.83. The lowest BCUT2D eigenvalue weighted by atomic mass is 10.1. The zero-order valence-corrected chi connectivity index (χ0v) is 10.0. The summed E-state index contributed by atoms with van der Waals surface area (Å²) in [6.07, 6.45) is 0. The quantitative estimate of drug-likeness (QED) is 0.645. The molecule has 0 N–H and O–H groups in total. The molecule has 0 aliphatic carbocycles. The summed E-state index contributed by atoms with van der Waals surface area (Å²) in [6.45, 7) is 6.87. The van der Waals surface area contributed by atoms with Crippen molar-refractivity contribution in [3.8, 4) is 0 Å². The van der Waals surface area contributed by atoms with Crippen LogP contribution in [0.4, 0.5) is 0 Å². The Balaban J connectivity index is 0.000000461. The minimum Gasteiger partial charge on any atom is -0.237 e. The van der Waals surface area contributed by atoms with Gasteiger partial charge in [-0.15, -0.1) is 0 Å². The minimum absolute atomic E-state index is 0.809. The van der Waals surface area contributed by atoms with E-state index < -0.39 is 11.0 Å². The van der Waals surface area contributed by atoms with Gasteiger partial charge in [-0.1, -0.05) is 31.5 Å². The van der Waals surface area contributed by atoms with Crippen LogP contribution in [0.15, 0.2) is 23.1 Å². The molecule has 1 unspecified atom stereocenters. The van der Waals surface area contributed by atoms with E-state index >= 15 is 0 Å². The van der Waals surface area contributed by atoms with E-state index in [0.717, 1.165) is 11.4 Å². The maximum absolute atomic E-state index is 11.5. The summed E-state index contributed by atoms with van der Waals surface area (Å²) in [5, 5.41) is 0. The highest BCUT2D eigenvalue weighted by Gasteiger charge is 2.22. The van der Waals surface area contributed by atoms with Crippen LogP contribution >= 0.6 is 0 Å². The van der Waals surface area contributed by atoms with Crippen molar-refractivity contribution in [1.82, 2.24) is 4.31 Å². The fourth-order valence-corrected chi connectivity index (χ4v) is 2.59. The van der Waals surface area contributed by atoms with Crippen molar-refractivity contribution in [2.45, 2.75) is 32.2 Å². The fraction of sp³-hybridized carbons (Fsp3) is 0.455. The molecular weight excluding hydrogens is 194 g/mol. The second-order valence-electron chi connectivity index (χ2n) is 3.15. The average molecular weight is 211 g/mol. The van der Waals surface area contributed by atoms with Gasteiger partial charge in [0.15, 0.2) is 0 Å². The molecular formula is C11H17NOS. The number of hydrogen-bond acceptors (Lipinski definition) is 1. The molecule has 1 aliphatic heterocycles. The van der Waals surface area contributed by atoms with Crippen LogP contribution in [0.5, 0.6) is 0 Å². The Morgan fingerprint density at radius 3 is 2.64 bits per heavy atom. The van der Waals surface area contributed by atoms with Gasteiger partial charge < -0.3 is 0 Å². The normalized spacial score (nSPS) is 19.9. The van der Waals surface area contributed by atoms with Crippen LogP contribution in [-0.2, 0) is 17.5 Å². The van der Waals surface area contributed by atoms with Crippen LogP contribution in [0, 0.1) is 6.92 Å². The number of fused-ring (bicyclic) bond motifs is 1. The largest absolute Gasteiger partial charge is 0.237 e. The lowest BCUT2D eigenvalue weighted by Gasteiger charge is -2.01. The van der Waals surface area contributed by atoms with Crippen molar-refractivity contribution in [2.75, 3.05) is 7.05 Å². The van der Waals surface area contributed by atoms with Gasteiger partial charge in [0, 0.05) is 13.6 Å². The van der Waals surface area contributed by atoms with E-state index in [4.69, 9.17) is 0 Å². The van der Waals surface area contributed by atoms with Crippen molar-refractivity contribution in [2.24, 2.45) is 0 Å². The van der Waals surface area contributed by atoms with Gasteiger partial charge in [-0.05, 0) is 18.6 Å². The van der Waals surface area contributed by atoms with E-state index in [0.29, 0.717) is 0 Å². The van der Waals surface area contributed by atoms with Crippen molar-refractivity contribution in [3.05, 3.63) is 29.3 Å². The molecule has 1 aliphatic rings. The molecule has 2 nitrogen and oxygen atoms in total. The Bertz CT molecular complexity index is 349. The standard InChI is InChI=1S/C9H11NOS.C2H6/c1-7-3-4-9-8(5-7)6-10(2)12(9)11;1-2/h3-5H,6H2,1-2H3;1-2H3. The SMILES string of the molecule is CC.Cc1ccc2c(c1)CN(C)S2=O. The molecule has 0 saturated carbocycles. The van der Waals surface area contributed by atoms with E-state index in [9.17, 15) is 4.21 Å². The predicted octanol–water partition coefficient (Wildman–Crippen LogP) is 2.49. The van der Waals surface area contributed by atoms with Crippen molar-refractivity contribution < 1.29 is 4.21 Å². The van der Waals surface area contributed by atoms with Gasteiger partial charge in [-0.2, -0.15) is 0 Å². The molecule has 0 bridgehead atoms. The Labute approximate surface area is 88.5 Å². The maximum atomic E-state index is 11.5. The van der Waals surface area contributed by atoms with Crippen LogP contribution < -0.4 is 0 Å². The smallest absolute Gasteiger partial charge is 0.127 e. The summed E-state index contributed by atoms with van der Waals surface area (Å²) < 4.78 is 13.4. The molecule has 3 heteroatoms. The summed E-state index contributed by atoms with van der Waals surface area (Å²) in [6, 6.07) is 6.08. The molecule has 1 atom stereocenters. The monoisotopic (exact) mass is 211 g/mol. The molecule has 78 valence electrons. The molecule has 0 fully saturated rings. The lowest BCUT2D eigenvalue weighted by molar-refractivity contribution is 0.541. The minimum atomic E-state index is -0.917. The van der Waals surface area contributed by atoms with Gasteiger partial charge in [0.25, 0.3) is 0 Å². The summed E-state index contributed by atoms with van der Waals surface area (Å²) in [4.78, 5) is 0.975. The molecule has 0 saturated heterocycles. The third-order valence-electron chi connectivity index (χ3n) is 2.08. The van der Waals surface area contributed by atoms with Crippen LogP contribution in [0.2, 0.25) is 0 Å². The van der Waals surface area contributed by atoms with Gasteiger partial charge in [0.1, 0.15) is 11.0 Å². The lowest BCUT2D eigenvalue weighted by Crippen LogP contribution is -2.11. The van der Waals surface area contributed by atoms with Gasteiger partial charge in [0.05, 0.1) is 4.90 Å². The second-order valence-corrected chi connectivity index (χ2v) is 4.71. The van der Waals surface area contributed by atoms with Crippen molar-refractivity contribution in [3.63, 3.8) is 0 Å². The first-order chi connectivity index (χ1) is 6.68. The highest BCUT2D eigenvalue weighted by Crippen LogP contribution is 2.25. The predicted molar refractivity (Wildman–Crippen MR) is 60.4 cm³/mol. The van der Waals surface area contributed by atoms with Crippen LogP contribution in [0.1, 0.15) is 25.0 Å². The van der Waals surface area contributed by atoms with Gasteiger partial charge in [-0.3, -0.25) is 0 Å². The number of benzene rings is 1. The molecule has 0 radical (unpaired) electrons. The maximum Gasteiger partial charge on any atom is 0.127 e. The van der Waals surface area contributed by atoms with Crippen molar-refractivity contribution in [1.29, 1.82) is 0 Å². The van der Waals surface area contributed by atoms with Gasteiger partial charge in [-0.25, -0.2) is 8.51 Å². The van der Waals surface area contributed by atoms with E-state index in [2.05, 4.69) is 13.0 Å². The zero-order valence-electron chi connectivity index (χ0n) is 9.20. The van der Waals surface area contributed by atoms with Crippen LogP contribution in [-0.4, -0.2) is 15.6 Å². The van der Waals surface area contributed by atoms with Crippen molar-refractivity contribution >= 4 is 11.0 Å². The third kappa shape index (κ3) is 2.04. The first-order valence-corrected chi connectivity index (χ1v) is 6.02. The highest BCUT2D eigenvalue weighted by atomic mass is 32.2. The first kappa shape index (κ1) is 11.4. The molecule has 2 rings (SSSR count). The average Bonchev–Trinajstić information content (AvgIpc) is 2.45. The number of nitrogens with zero attached hydrogens (tertiary/aromatic N) is 1. The molecule has 0 amide bonds. The van der Waals surface area contributed by atoms with E-state index in [-0.39, 0.29) is 0 Å². The molecule has 1 aromatic rings. The molecule has 0 spiro atoms. The van der Waals surface area contributed by atoms with E-state index in [1.165, 1.54) is 11.1 Å². The van der Waals surface area contributed by atoms with Gasteiger partial charge >= 0.3 is 0 Å². The van der Waals surface area contributed by atoms with Crippen LogP contribution in [0.25, 0.3) is 0 Å². The number of aryl methyl sites for hydroxylation is 1. The third-order valence-corrected chi connectivity index (χ3v) is 3.55. The molecule has 1 aromatic carbocycles. The molecule has 14 heavy (non-hydrogen) atoms. The summed E-state index contributed by atoms with van der Waals surface area (Å²) in [5.41, 5.74) is 2.44. The van der Waals surface area contributed by atoms with E-state index in [1.807, 2.05) is 37.3 Å². The second kappa shape index (κ2) is 4.71. The van der Waals surface area contributed by atoms with Crippen LogP contribution in [0.3, 0.4) is 0 Å². The molecule has 0 aromatic heterocycles. The van der Waals surface area contributed by atoms with E-state index in [1.54, 1.807) is 0 Å². The summed E-state index contributed by atoms with van der Waals surface area (Å²) in [7, 11) is 0.963. The Kier molecular flexibility index (Phi) is 3.84. The summed E-state index contributed by atoms with van der Waals surface area (Å²) in [5.74, 6) is 0. The zero-order chi connectivity index (χ0) is 10.7. The Morgan fingerprint density at radius 1 is 1.36 bits per heavy atom. The number of rotatable bonds is 0. The first-order valence-electron chi connectivity index (χ1n) is 4.91. The topological polar surface area (TPSA) is 20.3 Å². The van der Waals surface area contributed by atoms with Gasteiger partial charge in [0.2, 0.25) is 0 Å². The fourth-order valence-electron chi connectivity index (χ4n) is 1.47. The Morgan fingerprint density at radius 2 is 2.00 bits per heavy atom. The number of hydrogen-bond donors (Lipinski definition) is 0. The summed E-state index contributed by atoms with van der Waals surface area (Å²) >= 11 is 0. The Hall–Kier alpha value is -0.670.